The third kappa shape index (κ3) is 4.21. The molecular weight excluding hydrogens is 264 g/mol. The average molecular weight is 290 g/mol. The summed E-state index contributed by atoms with van der Waals surface area (Å²) >= 11 is 0. The van der Waals surface area contributed by atoms with Crippen molar-refractivity contribution >= 4 is 5.91 Å². The first-order valence-electron chi connectivity index (χ1n) is 7.66. The van der Waals surface area contributed by atoms with Crippen molar-refractivity contribution in [1.82, 2.24) is 10.2 Å². The van der Waals surface area contributed by atoms with E-state index in [1.54, 1.807) is 4.90 Å². The van der Waals surface area contributed by atoms with Gasteiger partial charge >= 0.3 is 0 Å². The van der Waals surface area contributed by atoms with Gasteiger partial charge in [0, 0.05) is 27.1 Å². The van der Waals surface area contributed by atoms with Gasteiger partial charge in [-0.05, 0) is 29.5 Å². The van der Waals surface area contributed by atoms with E-state index in [9.17, 15) is 4.79 Å². The lowest BCUT2D eigenvalue weighted by Gasteiger charge is -2.23. The molecule has 1 aliphatic rings. The van der Waals surface area contributed by atoms with E-state index in [-0.39, 0.29) is 11.9 Å². The maximum atomic E-state index is 12.2. The van der Waals surface area contributed by atoms with Gasteiger partial charge in [-0.3, -0.25) is 4.79 Å². The quantitative estimate of drug-likeness (QED) is 0.873. The highest BCUT2D eigenvalue weighted by molar-refractivity contribution is 5.81. The van der Waals surface area contributed by atoms with Crippen LogP contribution in [0.2, 0.25) is 0 Å². The third-order valence-electron chi connectivity index (χ3n) is 3.75. The van der Waals surface area contributed by atoms with E-state index >= 15 is 0 Å². The number of nitrogens with one attached hydrogen (secondary N) is 1. The average Bonchev–Trinajstić information content (AvgIpc) is 2.89. The zero-order valence-electron chi connectivity index (χ0n) is 13.5. The Kier molecular flexibility index (Phi) is 5.23. The van der Waals surface area contributed by atoms with E-state index in [2.05, 4.69) is 31.3 Å². The lowest BCUT2D eigenvalue weighted by atomic mass is 10.0. The summed E-state index contributed by atoms with van der Waals surface area (Å²) in [5.41, 5.74) is 2.48. The van der Waals surface area contributed by atoms with Crippen molar-refractivity contribution in [3.05, 3.63) is 29.3 Å². The molecule has 0 spiro atoms. The number of carbonyl (C=O) groups is 1. The normalized spacial score (nSPS) is 14.7. The van der Waals surface area contributed by atoms with Gasteiger partial charge in [-0.1, -0.05) is 26.0 Å². The first-order chi connectivity index (χ1) is 9.97. The van der Waals surface area contributed by atoms with Crippen LogP contribution in [0.1, 0.15) is 31.4 Å². The van der Waals surface area contributed by atoms with Crippen LogP contribution < -0.4 is 10.1 Å². The van der Waals surface area contributed by atoms with Gasteiger partial charge in [0.15, 0.2) is 0 Å². The Bertz CT molecular complexity index is 498. The van der Waals surface area contributed by atoms with Crippen molar-refractivity contribution in [2.24, 2.45) is 5.92 Å². The highest BCUT2D eigenvalue weighted by Crippen LogP contribution is 2.25. The zero-order valence-corrected chi connectivity index (χ0v) is 13.5. The minimum atomic E-state index is -0.121. The van der Waals surface area contributed by atoms with Gasteiger partial charge in [-0.25, -0.2) is 0 Å². The van der Waals surface area contributed by atoms with E-state index in [1.807, 2.05) is 20.2 Å². The fraction of sp³-hybridized carbons (Fsp3) is 0.588. The minimum Gasteiger partial charge on any atom is -0.493 e. The number of hydrogen-bond acceptors (Lipinski definition) is 3. The van der Waals surface area contributed by atoms with Gasteiger partial charge in [0.25, 0.3) is 0 Å². The van der Waals surface area contributed by atoms with Gasteiger partial charge in [0.05, 0.1) is 12.6 Å². The summed E-state index contributed by atoms with van der Waals surface area (Å²) in [4.78, 5) is 13.9. The van der Waals surface area contributed by atoms with Crippen molar-refractivity contribution in [3.8, 4) is 5.75 Å². The fourth-order valence-corrected chi connectivity index (χ4v) is 2.65. The SMILES string of the molecule is CC(C)CC(NCc1ccc2c(c1)CCO2)C(=O)N(C)C. The number of benzene rings is 1. The molecule has 0 aromatic heterocycles. The second kappa shape index (κ2) is 6.94. The van der Waals surface area contributed by atoms with Gasteiger partial charge in [0.2, 0.25) is 5.91 Å². The standard InChI is InChI=1S/C17H26N2O2/c1-12(2)9-15(17(20)19(3)4)18-11-13-5-6-16-14(10-13)7-8-21-16/h5-6,10,12,15,18H,7-9,11H2,1-4H3. The molecule has 1 aromatic rings. The number of fused-ring (bicyclic) bond motifs is 1. The van der Waals surface area contributed by atoms with Crippen molar-refractivity contribution in [3.63, 3.8) is 0 Å². The Morgan fingerprint density at radius 3 is 2.81 bits per heavy atom. The number of ether oxygens (including phenoxy) is 1. The molecule has 4 nitrogen and oxygen atoms in total. The molecular formula is C17H26N2O2. The Labute approximate surface area is 127 Å². The molecule has 4 heteroatoms. The fourth-order valence-electron chi connectivity index (χ4n) is 2.65. The highest BCUT2D eigenvalue weighted by Gasteiger charge is 2.21. The molecule has 0 bridgehead atoms. The number of rotatable bonds is 6. The van der Waals surface area contributed by atoms with Gasteiger partial charge in [-0.15, -0.1) is 0 Å². The summed E-state index contributed by atoms with van der Waals surface area (Å²) in [6.07, 6.45) is 1.83. The molecule has 1 unspecified atom stereocenters. The van der Waals surface area contributed by atoms with Gasteiger partial charge in [0.1, 0.15) is 5.75 Å². The molecule has 116 valence electrons. The predicted octanol–water partition coefficient (Wildman–Crippen LogP) is 2.21. The van der Waals surface area contributed by atoms with Crippen molar-refractivity contribution in [1.29, 1.82) is 0 Å². The number of nitrogens with zero attached hydrogens (tertiary/aromatic N) is 1. The summed E-state index contributed by atoms with van der Waals surface area (Å²) in [6, 6.07) is 6.17. The molecule has 0 aliphatic carbocycles. The zero-order chi connectivity index (χ0) is 15.4. The Hall–Kier alpha value is -1.55. The molecule has 0 radical (unpaired) electrons. The van der Waals surface area contributed by atoms with Crippen LogP contribution in [-0.4, -0.2) is 37.6 Å². The van der Waals surface area contributed by atoms with Crippen LogP contribution in [0, 0.1) is 5.92 Å². The van der Waals surface area contributed by atoms with Crippen molar-refractivity contribution in [2.75, 3.05) is 20.7 Å². The topological polar surface area (TPSA) is 41.6 Å². The Morgan fingerprint density at radius 2 is 2.14 bits per heavy atom. The first-order valence-corrected chi connectivity index (χ1v) is 7.66. The molecule has 1 aliphatic heterocycles. The summed E-state index contributed by atoms with van der Waals surface area (Å²) in [7, 11) is 3.62. The van der Waals surface area contributed by atoms with E-state index in [0.29, 0.717) is 12.5 Å². The maximum absolute atomic E-state index is 12.2. The summed E-state index contributed by atoms with van der Waals surface area (Å²) < 4.78 is 5.52. The third-order valence-corrected chi connectivity index (χ3v) is 3.75. The van der Waals surface area contributed by atoms with Gasteiger partial charge < -0.3 is 15.0 Å². The van der Waals surface area contributed by atoms with Crippen molar-refractivity contribution < 1.29 is 9.53 Å². The van der Waals surface area contributed by atoms with Crippen LogP contribution in [0.25, 0.3) is 0 Å². The number of carbonyl (C=O) groups excluding carboxylic acids is 1. The second-order valence-corrected chi connectivity index (χ2v) is 6.34. The molecule has 1 atom stereocenters. The lowest BCUT2D eigenvalue weighted by molar-refractivity contribution is -0.131. The second-order valence-electron chi connectivity index (χ2n) is 6.34. The number of amides is 1. The minimum absolute atomic E-state index is 0.121. The summed E-state index contributed by atoms with van der Waals surface area (Å²) in [5, 5.41) is 3.41. The van der Waals surface area contributed by atoms with Crippen molar-refractivity contribution in [2.45, 2.75) is 39.3 Å². The largest absolute Gasteiger partial charge is 0.493 e. The van der Waals surface area contributed by atoms with E-state index < -0.39 is 0 Å². The van der Waals surface area contributed by atoms with Crippen LogP contribution in [-0.2, 0) is 17.8 Å². The summed E-state index contributed by atoms with van der Waals surface area (Å²) in [5.74, 6) is 1.63. The smallest absolute Gasteiger partial charge is 0.239 e. The van der Waals surface area contributed by atoms with E-state index in [0.717, 1.165) is 25.2 Å². The van der Waals surface area contributed by atoms with E-state index in [4.69, 9.17) is 4.74 Å². The summed E-state index contributed by atoms with van der Waals surface area (Å²) in [6.45, 7) is 5.78. The van der Waals surface area contributed by atoms with E-state index in [1.165, 1.54) is 11.1 Å². The van der Waals surface area contributed by atoms with Crippen LogP contribution in [0.5, 0.6) is 5.75 Å². The first kappa shape index (κ1) is 15.8. The predicted molar refractivity (Wildman–Crippen MR) is 84.4 cm³/mol. The van der Waals surface area contributed by atoms with Crippen LogP contribution in [0.15, 0.2) is 18.2 Å². The lowest BCUT2D eigenvalue weighted by Crippen LogP contribution is -2.44. The Balaban J connectivity index is 1.99. The monoisotopic (exact) mass is 290 g/mol. The molecule has 21 heavy (non-hydrogen) atoms. The van der Waals surface area contributed by atoms with Crippen LogP contribution in [0.3, 0.4) is 0 Å². The maximum Gasteiger partial charge on any atom is 0.239 e. The molecule has 1 N–H and O–H groups in total. The number of hydrogen-bond donors (Lipinski definition) is 1. The van der Waals surface area contributed by atoms with Crippen LogP contribution >= 0.6 is 0 Å². The molecule has 1 heterocycles. The molecule has 1 aromatic carbocycles. The van der Waals surface area contributed by atoms with Gasteiger partial charge in [-0.2, -0.15) is 0 Å². The molecule has 0 saturated heterocycles. The molecule has 2 rings (SSSR count). The Morgan fingerprint density at radius 1 is 1.38 bits per heavy atom. The molecule has 0 saturated carbocycles. The molecule has 1 amide bonds. The number of likely N-dealkylation sites (N-methyl/N-ethyl adjacent to an activating group) is 1. The highest BCUT2D eigenvalue weighted by atomic mass is 16.5. The molecule has 0 fully saturated rings. The van der Waals surface area contributed by atoms with Crippen LogP contribution in [0.4, 0.5) is 0 Å².